The van der Waals surface area contributed by atoms with Gasteiger partial charge in [-0.1, -0.05) is 0 Å². The molecule has 3 heterocycles. The molecule has 4 rings (SSSR count). The Morgan fingerprint density at radius 1 is 1.14 bits per heavy atom. The number of nitriles is 1. The molecule has 0 aliphatic heterocycles. The smallest absolute Gasteiger partial charge is 0.275 e. The maximum atomic E-state index is 14.4. The topological polar surface area (TPSA) is 114 Å². The summed E-state index contributed by atoms with van der Waals surface area (Å²) in [7, 11) is -4.53. The highest BCUT2D eigenvalue weighted by molar-refractivity contribution is 7.89. The highest BCUT2D eigenvalue weighted by atomic mass is 32.2. The van der Waals surface area contributed by atoms with Crippen LogP contribution < -0.4 is 4.72 Å². The van der Waals surface area contributed by atoms with E-state index < -0.39 is 33.0 Å². The van der Waals surface area contributed by atoms with Gasteiger partial charge >= 0.3 is 6.18 Å². The molecule has 0 spiro atoms. The predicted octanol–water partition coefficient (Wildman–Crippen LogP) is 4.03. The number of fused-ring (bicyclic) bond motifs is 1. The number of halogens is 4. The third kappa shape index (κ3) is 4.45. The van der Waals surface area contributed by atoms with Gasteiger partial charge in [-0.15, -0.1) is 0 Å². The van der Waals surface area contributed by atoms with Gasteiger partial charge < -0.3 is 0 Å². The summed E-state index contributed by atoms with van der Waals surface area (Å²) in [6.45, 7) is 2.23. The van der Waals surface area contributed by atoms with Gasteiger partial charge in [0.2, 0.25) is 16.0 Å². The van der Waals surface area contributed by atoms with E-state index in [1.54, 1.807) is 17.7 Å². The predicted molar refractivity (Wildman–Crippen MR) is 117 cm³/mol. The molecule has 0 saturated heterocycles. The summed E-state index contributed by atoms with van der Waals surface area (Å²) in [5, 5.41) is 10.2. The maximum Gasteiger partial charge on any atom is 0.404 e. The maximum absolute atomic E-state index is 14.4. The summed E-state index contributed by atoms with van der Waals surface area (Å²) in [5.74, 6) is -0.384. The Bertz CT molecular complexity index is 1560. The molecule has 0 radical (unpaired) electrons. The molecule has 4 aromatic rings. The summed E-state index contributed by atoms with van der Waals surface area (Å²) in [6, 6.07) is 6.32. The van der Waals surface area contributed by atoms with Crippen molar-refractivity contribution in [2.24, 2.45) is 0 Å². The molecule has 35 heavy (non-hydrogen) atoms. The van der Waals surface area contributed by atoms with Crippen molar-refractivity contribution in [2.75, 3.05) is 0 Å². The Morgan fingerprint density at radius 3 is 2.40 bits per heavy atom. The monoisotopic (exact) mass is 504 g/mol. The summed E-state index contributed by atoms with van der Waals surface area (Å²) in [6.07, 6.45) is -0.957. The molecule has 0 fully saturated rings. The van der Waals surface area contributed by atoms with E-state index in [0.717, 1.165) is 12.3 Å². The first-order valence-electron chi connectivity index (χ1n) is 10.0. The van der Waals surface area contributed by atoms with Crippen LogP contribution in [-0.2, 0) is 10.0 Å². The highest BCUT2D eigenvalue weighted by Crippen LogP contribution is 2.36. The van der Waals surface area contributed by atoms with E-state index in [1.165, 1.54) is 35.2 Å². The van der Waals surface area contributed by atoms with Crippen molar-refractivity contribution >= 4 is 20.9 Å². The van der Waals surface area contributed by atoms with Crippen LogP contribution in [0.25, 0.3) is 28.2 Å². The minimum atomic E-state index is -4.77. The number of aryl methyl sites for hydroxylation is 1. The number of pyridine rings is 1. The molecular weight excluding hydrogens is 488 g/mol. The zero-order chi connectivity index (χ0) is 25.5. The van der Waals surface area contributed by atoms with Crippen LogP contribution in [0.5, 0.6) is 0 Å². The summed E-state index contributed by atoms with van der Waals surface area (Å²) >= 11 is 0. The van der Waals surface area contributed by atoms with Gasteiger partial charge in [0.1, 0.15) is 22.8 Å². The lowest BCUT2D eigenvalue weighted by atomic mass is 10.1. The molecular formula is C22H16F4N6O2S. The average molecular weight is 504 g/mol. The van der Waals surface area contributed by atoms with Crippen molar-refractivity contribution in [3.63, 3.8) is 0 Å². The Labute approximate surface area is 196 Å². The fourth-order valence-electron chi connectivity index (χ4n) is 3.43. The van der Waals surface area contributed by atoms with Gasteiger partial charge in [-0.05, 0) is 49.7 Å². The first-order chi connectivity index (χ1) is 16.4. The SMILES string of the molecule is Cc1cc2c(cc1F)c(C#N)c(-c1ccc(S(=O)(=O)N[C@@H](C)C(F)(F)F)cn1)n2-c1ncccn1. The number of sulfonamides is 1. The third-order valence-corrected chi connectivity index (χ3v) is 6.75. The van der Waals surface area contributed by atoms with Crippen LogP contribution in [0.2, 0.25) is 0 Å². The normalized spacial score (nSPS) is 13.1. The molecule has 13 heteroatoms. The van der Waals surface area contributed by atoms with Crippen molar-refractivity contribution in [1.82, 2.24) is 24.2 Å². The van der Waals surface area contributed by atoms with Gasteiger partial charge in [0.25, 0.3) is 0 Å². The van der Waals surface area contributed by atoms with Crippen molar-refractivity contribution in [1.29, 1.82) is 5.26 Å². The van der Waals surface area contributed by atoms with Crippen LogP contribution in [0.1, 0.15) is 18.1 Å². The van der Waals surface area contributed by atoms with E-state index in [9.17, 15) is 31.2 Å². The molecule has 0 unspecified atom stereocenters. The van der Waals surface area contributed by atoms with Gasteiger partial charge in [0.15, 0.2) is 0 Å². The minimum Gasteiger partial charge on any atom is -0.275 e. The number of nitrogens with one attached hydrogen (secondary N) is 1. The number of alkyl halides is 3. The molecule has 3 aromatic heterocycles. The molecule has 8 nitrogen and oxygen atoms in total. The van der Waals surface area contributed by atoms with Crippen LogP contribution in [0.15, 0.2) is 53.8 Å². The molecule has 0 amide bonds. The fraction of sp³-hybridized carbons (Fsp3) is 0.182. The third-order valence-electron chi connectivity index (χ3n) is 5.22. The van der Waals surface area contributed by atoms with E-state index in [4.69, 9.17) is 0 Å². The number of nitrogens with zero attached hydrogens (tertiary/aromatic N) is 5. The van der Waals surface area contributed by atoms with Gasteiger partial charge in [0.05, 0.1) is 22.5 Å². The Kier molecular flexibility index (Phi) is 6.04. The Balaban J connectivity index is 1.90. The average Bonchev–Trinajstić information content (AvgIpc) is 3.12. The number of rotatable bonds is 5. The van der Waals surface area contributed by atoms with Crippen LogP contribution >= 0.6 is 0 Å². The lowest BCUT2D eigenvalue weighted by molar-refractivity contribution is -0.147. The van der Waals surface area contributed by atoms with Crippen molar-refractivity contribution in [3.05, 3.63) is 65.9 Å². The van der Waals surface area contributed by atoms with Gasteiger partial charge in [-0.3, -0.25) is 9.55 Å². The molecule has 1 N–H and O–H groups in total. The van der Waals surface area contributed by atoms with Gasteiger partial charge in [-0.25, -0.2) is 22.8 Å². The van der Waals surface area contributed by atoms with Crippen LogP contribution in [-0.4, -0.2) is 40.2 Å². The van der Waals surface area contributed by atoms with Crippen molar-refractivity contribution in [2.45, 2.75) is 31.0 Å². The summed E-state index contributed by atoms with van der Waals surface area (Å²) in [4.78, 5) is 12.0. The molecule has 0 aliphatic carbocycles. The molecule has 0 saturated carbocycles. The number of aromatic nitrogens is 4. The van der Waals surface area contributed by atoms with Crippen molar-refractivity contribution in [3.8, 4) is 23.4 Å². The lowest BCUT2D eigenvalue weighted by Gasteiger charge is -2.17. The van der Waals surface area contributed by atoms with Crippen LogP contribution in [0, 0.1) is 24.1 Å². The first kappa shape index (κ1) is 24.2. The van der Waals surface area contributed by atoms with E-state index in [1.807, 2.05) is 6.07 Å². The first-order valence-corrected chi connectivity index (χ1v) is 11.5. The summed E-state index contributed by atoms with van der Waals surface area (Å²) in [5.41, 5.74) is 1.03. The zero-order valence-electron chi connectivity index (χ0n) is 18.2. The molecule has 0 bridgehead atoms. The second-order valence-corrected chi connectivity index (χ2v) is 9.32. The molecule has 180 valence electrons. The second kappa shape index (κ2) is 8.71. The summed E-state index contributed by atoms with van der Waals surface area (Å²) < 4.78 is 80.6. The van der Waals surface area contributed by atoms with E-state index >= 15 is 0 Å². The van der Waals surface area contributed by atoms with E-state index in [0.29, 0.717) is 18.0 Å². The number of hydrogen-bond donors (Lipinski definition) is 1. The number of hydrogen-bond acceptors (Lipinski definition) is 6. The fourth-order valence-corrected chi connectivity index (χ4v) is 4.60. The number of benzene rings is 1. The van der Waals surface area contributed by atoms with E-state index in [-0.39, 0.29) is 28.3 Å². The Morgan fingerprint density at radius 2 is 1.83 bits per heavy atom. The largest absolute Gasteiger partial charge is 0.404 e. The van der Waals surface area contributed by atoms with E-state index in [2.05, 4.69) is 15.0 Å². The minimum absolute atomic E-state index is 0.0401. The molecule has 1 atom stereocenters. The van der Waals surface area contributed by atoms with Crippen molar-refractivity contribution < 1.29 is 26.0 Å². The highest BCUT2D eigenvalue weighted by Gasteiger charge is 2.39. The molecule has 1 aromatic carbocycles. The zero-order valence-corrected chi connectivity index (χ0v) is 19.0. The van der Waals surface area contributed by atoms with Crippen LogP contribution in [0.4, 0.5) is 17.6 Å². The second-order valence-electron chi connectivity index (χ2n) is 7.60. The standard InChI is InChI=1S/C22H16F4N6O2S/c1-12-8-19-15(9-17(12)23)16(10-27)20(32(19)21-28-6-3-7-29-21)18-5-4-14(11-30-18)35(33,34)31-13(2)22(24,25)26/h3-9,11,13,31H,1-2H3/t13-/m0/s1. The molecule has 0 aliphatic rings. The van der Waals surface area contributed by atoms with Gasteiger partial charge in [0, 0.05) is 24.0 Å². The lowest BCUT2D eigenvalue weighted by Crippen LogP contribution is -2.42. The van der Waals surface area contributed by atoms with Gasteiger partial charge in [-0.2, -0.15) is 23.2 Å². The Hall–Kier alpha value is -3.89. The quantitative estimate of drug-likeness (QED) is 0.411. The van der Waals surface area contributed by atoms with Crippen LogP contribution in [0.3, 0.4) is 0 Å².